The lowest BCUT2D eigenvalue weighted by molar-refractivity contribution is 0.104. The lowest BCUT2D eigenvalue weighted by Crippen LogP contribution is -1.95. The molecule has 0 amide bonds. The number of allylic oxidation sites excluding steroid dienone is 1. The number of phenols is 1. The molecule has 1 aromatic heterocycles. The molecule has 5 nitrogen and oxygen atoms in total. The molecule has 0 aliphatic carbocycles. The molecular formula is C21H16BrClO5. The van der Waals surface area contributed by atoms with Crippen LogP contribution in [0.2, 0.25) is 5.02 Å². The number of carbonyl (C=O) groups is 1. The molecule has 7 heteroatoms. The minimum atomic E-state index is -0.242. The second-order valence-electron chi connectivity index (χ2n) is 5.75. The Balaban J connectivity index is 1.63. The highest BCUT2D eigenvalue weighted by molar-refractivity contribution is 9.10. The topological polar surface area (TPSA) is 68.9 Å². The molecule has 1 N–H and O–H groups in total. The predicted octanol–water partition coefficient (Wildman–Crippen LogP) is 5.88. The van der Waals surface area contributed by atoms with Gasteiger partial charge in [-0.05, 0) is 60.7 Å². The summed E-state index contributed by atoms with van der Waals surface area (Å²) < 4.78 is 17.2. The van der Waals surface area contributed by atoms with Gasteiger partial charge in [0.25, 0.3) is 0 Å². The van der Waals surface area contributed by atoms with Gasteiger partial charge in [0.2, 0.25) is 0 Å². The zero-order valence-corrected chi connectivity index (χ0v) is 17.2. The number of furan rings is 1. The average molecular weight is 464 g/mol. The van der Waals surface area contributed by atoms with E-state index in [0.717, 1.165) is 4.47 Å². The van der Waals surface area contributed by atoms with Crippen molar-refractivity contribution < 1.29 is 23.8 Å². The van der Waals surface area contributed by atoms with E-state index < -0.39 is 0 Å². The van der Waals surface area contributed by atoms with Crippen molar-refractivity contribution in [1.29, 1.82) is 0 Å². The summed E-state index contributed by atoms with van der Waals surface area (Å²) in [5, 5.41) is 10.1. The Labute approximate surface area is 175 Å². The molecular weight excluding hydrogens is 448 g/mol. The van der Waals surface area contributed by atoms with Crippen molar-refractivity contribution in [2.24, 2.45) is 0 Å². The van der Waals surface area contributed by atoms with Crippen molar-refractivity contribution in [2.45, 2.75) is 6.61 Å². The van der Waals surface area contributed by atoms with Crippen molar-refractivity contribution >= 4 is 39.4 Å². The maximum absolute atomic E-state index is 12.3. The predicted molar refractivity (Wildman–Crippen MR) is 110 cm³/mol. The maximum atomic E-state index is 12.3. The molecule has 0 aliphatic heterocycles. The summed E-state index contributed by atoms with van der Waals surface area (Å²) in [5.41, 5.74) is 0.394. The van der Waals surface area contributed by atoms with Crippen LogP contribution in [0.4, 0.5) is 0 Å². The van der Waals surface area contributed by atoms with E-state index >= 15 is 0 Å². The standard InChI is InChI=1S/C21H16BrClO5/c1-26-21-10-13(2-7-19(21)25)18(24)8-6-15-4-5-16(28-15)12-27-20-9-3-14(22)11-17(20)23/h2-11,25H,12H2,1H3/b8-6+. The zero-order valence-electron chi connectivity index (χ0n) is 14.8. The highest BCUT2D eigenvalue weighted by Gasteiger charge is 2.08. The van der Waals surface area contributed by atoms with Gasteiger partial charge in [-0.15, -0.1) is 0 Å². The number of benzene rings is 2. The Morgan fingerprint density at radius 2 is 2.00 bits per heavy atom. The number of methoxy groups -OCH3 is 1. The Kier molecular flexibility index (Phi) is 6.44. The van der Waals surface area contributed by atoms with Gasteiger partial charge in [0.15, 0.2) is 17.3 Å². The van der Waals surface area contributed by atoms with E-state index in [1.807, 2.05) is 6.07 Å². The fraction of sp³-hybridized carbons (Fsp3) is 0.0952. The molecule has 144 valence electrons. The Morgan fingerprint density at radius 1 is 1.18 bits per heavy atom. The van der Waals surface area contributed by atoms with Crippen molar-refractivity contribution in [2.75, 3.05) is 7.11 Å². The van der Waals surface area contributed by atoms with Crippen LogP contribution >= 0.6 is 27.5 Å². The summed E-state index contributed by atoms with van der Waals surface area (Å²) in [6.45, 7) is 0.207. The van der Waals surface area contributed by atoms with Gasteiger partial charge in [0.1, 0.15) is 23.9 Å². The van der Waals surface area contributed by atoms with Gasteiger partial charge in [0.05, 0.1) is 12.1 Å². The molecule has 0 atom stereocenters. The molecule has 0 spiro atoms. The van der Waals surface area contributed by atoms with Gasteiger partial charge in [-0.2, -0.15) is 0 Å². The third kappa shape index (κ3) is 4.97. The van der Waals surface area contributed by atoms with Crippen molar-refractivity contribution in [1.82, 2.24) is 0 Å². The number of ether oxygens (including phenoxy) is 2. The van der Waals surface area contributed by atoms with E-state index in [0.29, 0.717) is 27.9 Å². The Bertz CT molecular complexity index is 1030. The average Bonchev–Trinajstić information content (AvgIpc) is 3.13. The summed E-state index contributed by atoms with van der Waals surface area (Å²) >= 11 is 9.46. The molecule has 3 rings (SSSR count). The lowest BCUT2D eigenvalue weighted by atomic mass is 10.1. The molecule has 0 fully saturated rings. The zero-order chi connectivity index (χ0) is 20.1. The number of ketones is 1. The molecule has 0 radical (unpaired) electrons. The summed E-state index contributed by atoms with van der Waals surface area (Å²) in [6.07, 6.45) is 2.96. The first-order valence-electron chi connectivity index (χ1n) is 8.22. The first kappa shape index (κ1) is 20.0. The highest BCUT2D eigenvalue weighted by Crippen LogP contribution is 2.29. The van der Waals surface area contributed by atoms with Crippen molar-refractivity contribution in [3.63, 3.8) is 0 Å². The normalized spacial score (nSPS) is 11.0. The minimum absolute atomic E-state index is 0.0235. The van der Waals surface area contributed by atoms with Crippen molar-refractivity contribution in [3.05, 3.63) is 81.2 Å². The van der Waals surface area contributed by atoms with E-state index in [9.17, 15) is 9.90 Å². The van der Waals surface area contributed by atoms with E-state index in [1.54, 1.807) is 30.3 Å². The fourth-order valence-corrected chi connectivity index (χ4v) is 3.12. The first-order chi connectivity index (χ1) is 13.5. The van der Waals surface area contributed by atoms with Crippen LogP contribution in [0, 0.1) is 0 Å². The fourth-order valence-electron chi connectivity index (χ4n) is 2.39. The monoisotopic (exact) mass is 462 g/mol. The van der Waals surface area contributed by atoms with Crippen LogP contribution < -0.4 is 9.47 Å². The number of hydrogen-bond donors (Lipinski definition) is 1. The number of phenolic OH excluding ortho intramolecular Hbond substituents is 1. The van der Waals surface area contributed by atoms with E-state index in [4.69, 9.17) is 25.5 Å². The van der Waals surface area contributed by atoms with Gasteiger partial charge >= 0.3 is 0 Å². The summed E-state index contributed by atoms with van der Waals surface area (Å²) in [4.78, 5) is 12.3. The third-order valence-corrected chi connectivity index (χ3v) is 4.60. The van der Waals surface area contributed by atoms with Gasteiger partial charge < -0.3 is 19.0 Å². The summed E-state index contributed by atoms with van der Waals surface area (Å²) in [7, 11) is 1.42. The Morgan fingerprint density at radius 3 is 2.75 bits per heavy atom. The Hall–Kier alpha value is -2.70. The molecule has 0 unspecified atom stereocenters. The molecule has 2 aromatic carbocycles. The van der Waals surface area contributed by atoms with E-state index in [-0.39, 0.29) is 23.9 Å². The van der Waals surface area contributed by atoms with Crippen LogP contribution in [0.5, 0.6) is 17.2 Å². The molecule has 1 heterocycles. The van der Waals surface area contributed by atoms with Crippen molar-refractivity contribution in [3.8, 4) is 17.2 Å². The molecule has 0 aliphatic rings. The maximum Gasteiger partial charge on any atom is 0.186 e. The van der Waals surface area contributed by atoms with Gasteiger partial charge in [0, 0.05) is 10.0 Å². The lowest BCUT2D eigenvalue weighted by Gasteiger charge is -2.06. The number of aromatic hydroxyl groups is 1. The largest absolute Gasteiger partial charge is 0.504 e. The van der Waals surface area contributed by atoms with E-state index in [1.165, 1.54) is 31.4 Å². The molecule has 3 aromatic rings. The summed E-state index contributed by atoms with van der Waals surface area (Å²) in [6, 6.07) is 13.3. The molecule has 0 bridgehead atoms. The SMILES string of the molecule is COc1cc(C(=O)/C=C/c2ccc(COc3ccc(Br)cc3Cl)o2)ccc1O. The smallest absolute Gasteiger partial charge is 0.186 e. The number of carbonyl (C=O) groups excluding carboxylic acids is 1. The number of hydrogen-bond acceptors (Lipinski definition) is 5. The first-order valence-corrected chi connectivity index (χ1v) is 9.39. The van der Waals surface area contributed by atoms with Crippen LogP contribution in [-0.4, -0.2) is 18.0 Å². The van der Waals surface area contributed by atoms with Crippen LogP contribution in [-0.2, 0) is 6.61 Å². The second kappa shape index (κ2) is 8.99. The van der Waals surface area contributed by atoms with Crippen LogP contribution in [0.3, 0.4) is 0 Å². The highest BCUT2D eigenvalue weighted by atomic mass is 79.9. The third-order valence-electron chi connectivity index (χ3n) is 3.81. The second-order valence-corrected chi connectivity index (χ2v) is 7.07. The van der Waals surface area contributed by atoms with Gasteiger partial charge in [-0.1, -0.05) is 27.5 Å². The van der Waals surface area contributed by atoms with Crippen LogP contribution in [0.15, 0.2) is 63.5 Å². The van der Waals surface area contributed by atoms with Gasteiger partial charge in [-0.3, -0.25) is 4.79 Å². The number of halogens is 2. The molecule has 28 heavy (non-hydrogen) atoms. The van der Waals surface area contributed by atoms with Gasteiger partial charge in [-0.25, -0.2) is 0 Å². The quantitative estimate of drug-likeness (QED) is 0.350. The molecule has 0 saturated heterocycles. The molecule has 0 saturated carbocycles. The van der Waals surface area contributed by atoms with Crippen LogP contribution in [0.25, 0.3) is 6.08 Å². The van der Waals surface area contributed by atoms with Crippen LogP contribution in [0.1, 0.15) is 21.9 Å². The summed E-state index contributed by atoms with van der Waals surface area (Å²) in [5.74, 6) is 1.63. The van der Waals surface area contributed by atoms with E-state index in [2.05, 4.69) is 15.9 Å². The minimum Gasteiger partial charge on any atom is -0.504 e. The number of rotatable bonds is 7.